The highest BCUT2D eigenvalue weighted by Crippen LogP contribution is 2.47. The van der Waals surface area contributed by atoms with E-state index in [-0.39, 0.29) is 23.7 Å². The van der Waals surface area contributed by atoms with E-state index >= 15 is 0 Å². The van der Waals surface area contributed by atoms with Gasteiger partial charge in [0.05, 0.1) is 37.7 Å². The quantitative estimate of drug-likeness (QED) is 0.183. The van der Waals surface area contributed by atoms with Crippen LogP contribution in [0.5, 0.6) is 11.5 Å². The van der Waals surface area contributed by atoms with E-state index in [9.17, 15) is 19.8 Å². The summed E-state index contributed by atoms with van der Waals surface area (Å²) < 4.78 is 10.7. The van der Waals surface area contributed by atoms with Gasteiger partial charge in [0.15, 0.2) is 0 Å². The summed E-state index contributed by atoms with van der Waals surface area (Å²) >= 11 is 0. The zero-order chi connectivity index (χ0) is 29.3. The average Bonchev–Trinajstić information content (AvgIpc) is 3.47. The third-order valence-corrected chi connectivity index (χ3v) is 7.35. The van der Waals surface area contributed by atoms with Crippen molar-refractivity contribution in [2.45, 2.75) is 12.8 Å². The summed E-state index contributed by atoms with van der Waals surface area (Å²) in [6, 6.07) is 21.3. The van der Waals surface area contributed by atoms with Crippen LogP contribution in [0.15, 0.2) is 79.1 Å². The summed E-state index contributed by atoms with van der Waals surface area (Å²) in [5.74, 6) is -0.691. The Morgan fingerprint density at radius 3 is 1.85 bits per heavy atom. The summed E-state index contributed by atoms with van der Waals surface area (Å²) in [6.45, 7) is 2.45. The first kappa shape index (κ1) is 27.5. The Labute approximate surface area is 236 Å². The number of hydrogen-bond donors (Lipinski definition) is 4. The number of methoxy groups -OCH3 is 1. The predicted octanol–water partition coefficient (Wildman–Crippen LogP) is 6.21. The lowest BCUT2D eigenvalue weighted by Crippen LogP contribution is -2.04. The Balaban J connectivity index is 0.000000165. The van der Waals surface area contributed by atoms with Gasteiger partial charge in [-0.05, 0) is 100.0 Å². The zero-order valence-corrected chi connectivity index (χ0v) is 22.4. The van der Waals surface area contributed by atoms with Crippen LogP contribution >= 0.6 is 0 Å². The summed E-state index contributed by atoms with van der Waals surface area (Å²) in [5.41, 5.74) is 8.33. The molecular weight excluding hydrogens is 524 g/mol. The van der Waals surface area contributed by atoms with Crippen LogP contribution in [0, 0.1) is 0 Å². The molecule has 0 radical (unpaired) electrons. The number of hydrogen-bond acceptors (Lipinski definition) is 6. The Kier molecular flexibility index (Phi) is 7.50. The fourth-order valence-electron chi connectivity index (χ4n) is 5.45. The van der Waals surface area contributed by atoms with Gasteiger partial charge in [0, 0.05) is 11.5 Å². The number of benzene rings is 4. The molecule has 0 heterocycles. The minimum absolute atomic E-state index is 0.0569. The highest BCUT2D eigenvalue weighted by molar-refractivity contribution is 6.03. The van der Waals surface area contributed by atoms with E-state index in [0.717, 1.165) is 56.5 Å². The number of aliphatic hydroxyl groups is 2. The maximum Gasteiger partial charge on any atom is 0.335 e. The van der Waals surface area contributed by atoms with Crippen LogP contribution in [0.25, 0.3) is 27.8 Å². The molecule has 208 valence electrons. The maximum atomic E-state index is 11.1. The third kappa shape index (κ3) is 4.90. The fourth-order valence-corrected chi connectivity index (χ4v) is 5.45. The Morgan fingerprint density at radius 2 is 1.27 bits per heavy atom. The van der Waals surface area contributed by atoms with Crippen molar-refractivity contribution in [2.75, 3.05) is 20.3 Å². The molecule has 0 saturated heterocycles. The van der Waals surface area contributed by atoms with Crippen molar-refractivity contribution < 1.29 is 39.5 Å². The lowest BCUT2D eigenvalue weighted by Gasteiger charge is -2.11. The number of fused-ring (bicyclic) bond motifs is 6. The van der Waals surface area contributed by atoms with Crippen LogP contribution in [-0.4, -0.2) is 52.7 Å². The average molecular weight is 553 g/mol. The van der Waals surface area contributed by atoms with Gasteiger partial charge in [0.2, 0.25) is 0 Å². The zero-order valence-electron chi connectivity index (χ0n) is 22.4. The van der Waals surface area contributed by atoms with Gasteiger partial charge in [0.25, 0.3) is 0 Å². The molecule has 4 aromatic rings. The van der Waals surface area contributed by atoms with E-state index in [1.165, 1.54) is 0 Å². The molecule has 8 heteroatoms. The van der Waals surface area contributed by atoms with Gasteiger partial charge in [-0.25, -0.2) is 9.59 Å². The van der Waals surface area contributed by atoms with E-state index in [1.807, 2.05) is 49.4 Å². The number of carbonyl (C=O) groups is 2. The Hall–Kier alpha value is -5.08. The van der Waals surface area contributed by atoms with Crippen molar-refractivity contribution >= 4 is 17.5 Å². The molecule has 4 N–H and O–H groups in total. The first-order valence-corrected chi connectivity index (χ1v) is 13.0. The standard InChI is InChI=1S/C17H16O4.C16H12O4/c1-2-21-11-4-6-13-12-5-3-10(17(19)20)7-14(12)16(9-18)15(13)8-11;1-20-10-3-5-12-11-4-2-9(16(18)19)6-13(11)15(8-17)14(12)7-10/h3-8,16,18H,2,9H2,1H3,(H,19,20);2-8,17H,1H3,(H,18,19)/b;15-8-. The normalized spacial score (nSPS) is 14.7. The Morgan fingerprint density at radius 1 is 0.732 bits per heavy atom. The van der Waals surface area contributed by atoms with E-state index < -0.39 is 11.9 Å². The molecule has 0 aromatic heterocycles. The van der Waals surface area contributed by atoms with Crippen molar-refractivity contribution in [3.8, 4) is 33.8 Å². The van der Waals surface area contributed by atoms with E-state index in [1.54, 1.807) is 37.4 Å². The molecule has 2 aliphatic carbocycles. The summed E-state index contributed by atoms with van der Waals surface area (Å²) in [4.78, 5) is 22.2. The summed E-state index contributed by atoms with van der Waals surface area (Å²) in [7, 11) is 1.58. The summed E-state index contributed by atoms with van der Waals surface area (Å²) in [5, 5.41) is 37.4. The highest BCUT2D eigenvalue weighted by Gasteiger charge is 2.29. The Bertz CT molecular complexity index is 1700. The molecule has 0 saturated carbocycles. The fraction of sp³-hybridized carbons (Fsp3) is 0.152. The molecule has 0 fully saturated rings. The predicted molar refractivity (Wildman–Crippen MR) is 154 cm³/mol. The van der Waals surface area contributed by atoms with Crippen LogP contribution in [0.3, 0.4) is 0 Å². The number of aliphatic hydroxyl groups excluding tert-OH is 2. The number of ether oxygens (including phenoxy) is 2. The van der Waals surface area contributed by atoms with E-state index in [2.05, 4.69) is 0 Å². The van der Waals surface area contributed by atoms with Gasteiger partial charge < -0.3 is 29.9 Å². The second-order valence-corrected chi connectivity index (χ2v) is 9.54. The topological polar surface area (TPSA) is 134 Å². The lowest BCUT2D eigenvalue weighted by molar-refractivity contribution is 0.0686. The second kappa shape index (κ2) is 11.2. The number of aromatic carboxylic acids is 2. The lowest BCUT2D eigenvalue weighted by atomic mass is 9.96. The van der Waals surface area contributed by atoms with Gasteiger partial charge >= 0.3 is 11.9 Å². The minimum Gasteiger partial charge on any atom is -0.515 e. The van der Waals surface area contributed by atoms with Crippen LogP contribution < -0.4 is 9.47 Å². The maximum absolute atomic E-state index is 11.1. The number of carboxylic acid groups (broad SMARTS) is 2. The molecule has 2 aliphatic rings. The van der Waals surface area contributed by atoms with Crippen molar-refractivity contribution in [2.24, 2.45) is 0 Å². The van der Waals surface area contributed by atoms with E-state index in [4.69, 9.17) is 19.7 Å². The van der Waals surface area contributed by atoms with Crippen LogP contribution in [0.1, 0.15) is 55.8 Å². The van der Waals surface area contributed by atoms with Crippen molar-refractivity contribution in [1.82, 2.24) is 0 Å². The smallest absolute Gasteiger partial charge is 0.335 e. The monoisotopic (exact) mass is 552 g/mol. The second-order valence-electron chi connectivity index (χ2n) is 9.54. The summed E-state index contributed by atoms with van der Waals surface area (Å²) in [6.07, 6.45) is 1.01. The molecule has 6 rings (SSSR count). The molecule has 8 nitrogen and oxygen atoms in total. The van der Waals surface area contributed by atoms with Gasteiger partial charge in [0.1, 0.15) is 11.5 Å². The molecule has 41 heavy (non-hydrogen) atoms. The molecule has 4 aromatic carbocycles. The van der Waals surface area contributed by atoms with Gasteiger partial charge in [-0.15, -0.1) is 0 Å². The van der Waals surface area contributed by atoms with Crippen molar-refractivity contribution in [3.05, 3.63) is 112 Å². The van der Waals surface area contributed by atoms with Crippen molar-refractivity contribution in [3.63, 3.8) is 0 Å². The molecule has 0 spiro atoms. The van der Waals surface area contributed by atoms with Gasteiger partial charge in [-0.1, -0.05) is 24.3 Å². The molecule has 0 bridgehead atoms. The molecule has 1 atom stereocenters. The minimum atomic E-state index is -0.987. The third-order valence-electron chi connectivity index (χ3n) is 7.35. The van der Waals surface area contributed by atoms with Crippen LogP contribution in [-0.2, 0) is 0 Å². The molecular formula is C33H28O8. The van der Waals surface area contributed by atoms with Gasteiger partial charge in [-0.2, -0.15) is 0 Å². The highest BCUT2D eigenvalue weighted by atomic mass is 16.5. The van der Waals surface area contributed by atoms with Crippen LogP contribution in [0.2, 0.25) is 0 Å². The SMILES string of the molecule is CCOc1ccc2c(c1)C(CO)c1cc(C(=O)O)ccc1-2.COc1ccc2c(c1)/C(=C\O)c1cc(C(=O)O)ccc1-2. The largest absolute Gasteiger partial charge is 0.515 e. The number of rotatable bonds is 6. The van der Waals surface area contributed by atoms with Gasteiger partial charge in [-0.3, -0.25) is 0 Å². The van der Waals surface area contributed by atoms with E-state index in [0.29, 0.717) is 17.9 Å². The molecule has 1 unspecified atom stereocenters. The van der Waals surface area contributed by atoms with Crippen molar-refractivity contribution in [1.29, 1.82) is 0 Å². The first-order chi connectivity index (χ1) is 19.8. The molecule has 0 amide bonds. The van der Waals surface area contributed by atoms with Crippen LogP contribution in [0.4, 0.5) is 0 Å². The first-order valence-electron chi connectivity index (χ1n) is 13.0. The molecule has 0 aliphatic heterocycles. The number of carboxylic acids is 2.